The molecule has 1 fully saturated rings. The molecule has 1 amide bonds. The Morgan fingerprint density at radius 2 is 2.31 bits per heavy atom. The number of likely N-dealkylation sites (tertiary alicyclic amines) is 1. The van der Waals surface area contributed by atoms with E-state index in [9.17, 15) is 4.79 Å². The summed E-state index contributed by atoms with van der Waals surface area (Å²) in [5, 5.41) is 2.65. The molecule has 0 aliphatic carbocycles. The zero-order chi connectivity index (χ0) is 12.0. The summed E-state index contributed by atoms with van der Waals surface area (Å²) in [5.41, 5.74) is 5.99. The molecule has 2 atom stereocenters. The first kappa shape index (κ1) is 13.5. The van der Waals surface area contributed by atoms with E-state index in [1.165, 1.54) is 19.3 Å². The number of carbonyl (C=O) groups excluding carboxylic acids is 1. The summed E-state index contributed by atoms with van der Waals surface area (Å²) >= 11 is 0. The van der Waals surface area contributed by atoms with Crippen LogP contribution in [0.1, 0.15) is 39.0 Å². The van der Waals surface area contributed by atoms with Gasteiger partial charge >= 0.3 is 0 Å². The molecule has 0 spiro atoms. The van der Waals surface area contributed by atoms with E-state index >= 15 is 0 Å². The zero-order valence-electron chi connectivity index (χ0n) is 10.5. The molecule has 4 heteroatoms. The van der Waals surface area contributed by atoms with Crippen LogP contribution in [0.3, 0.4) is 0 Å². The molecule has 1 saturated heterocycles. The number of hydrogen-bond acceptors (Lipinski definition) is 3. The van der Waals surface area contributed by atoms with Crippen molar-refractivity contribution < 1.29 is 4.79 Å². The fourth-order valence-corrected chi connectivity index (χ4v) is 2.46. The van der Waals surface area contributed by atoms with Crippen molar-refractivity contribution in [3.8, 4) is 0 Å². The third kappa shape index (κ3) is 4.10. The molecule has 1 heterocycles. The number of amides is 1. The number of hydrogen-bond donors (Lipinski definition) is 2. The average Bonchev–Trinajstić information content (AvgIpc) is 2.29. The lowest BCUT2D eigenvalue weighted by Gasteiger charge is -2.38. The third-order valence-corrected chi connectivity index (χ3v) is 3.40. The molecule has 16 heavy (non-hydrogen) atoms. The van der Waals surface area contributed by atoms with Crippen molar-refractivity contribution in [2.45, 2.75) is 51.1 Å². The van der Waals surface area contributed by atoms with Gasteiger partial charge in [-0.05, 0) is 39.3 Å². The van der Waals surface area contributed by atoms with Crippen molar-refractivity contribution >= 4 is 5.91 Å². The molecule has 0 aromatic heterocycles. The van der Waals surface area contributed by atoms with Crippen molar-refractivity contribution in [3.63, 3.8) is 0 Å². The SMILES string of the molecule is CNC(=O)CCCN1CCCCC1C(C)N. The Kier molecular flexibility index (Phi) is 5.77. The van der Waals surface area contributed by atoms with Crippen molar-refractivity contribution in [2.75, 3.05) is 20.1 Å². The fourth-order valence-electron chi connectivity index (χ4n) is 2.46. The van der Waals surface area contributed by atoms with Crippen molar-refractivity contribution in [1.29, 1.82) is 0 Å². The van der Waals surface area contributed by atoms with Crippen molar-refractivity contribution in [1.82, 2.24) is 10.2 Å². The Labute approximate surface area is 98.6 Å². The lowest BCUT2D eigenvalue weighted by Crippen LogP contribution is -2.49. The Morgan fingerprint density at radius 3 is 2.94 bits per heavy atom. The van der Waals surface area contributed by atoms with Gasteiger partial charge in [-0.15, -0.1) is 0 Å². The molecule has 3 N–H and O–H groups in total. The van der Waals surface area contributed by atoms with Gasteiger partial charge in [0.05, 0.1) is 0 Å². The van der Waals surface area contributed by atoms with Crippen LogP contribution in [0.5, 0.6) is 0 Å². The highest BCUT2D eigenvalue weighted by Gasteiger charge is 2.24. The number of nitrogens with zero attached hydrogens (tertiary/aromatic N) is 1. The van der Waals surface area contributed by atoms with Gasteiger partial charge in [0.25, 0.3) is 0 Å². The largest absolute Gasteiger partial charge is 0.359 e. The molecule has 1 aliphatic heterocycles. The van der Waals surface area contributed by atoms with E-state index in [-0.39, 0.29) is 11.9 Å². The summed E-state index contributed by atoms with van der Waals surface area (Å²) in [6, 6.07) is 0.749. The van der Waals surface area contributed by atoms with Crippen LogP contribution >= 0.6 is 0 Å². The minimum Gasteiger partial charge on any atom is -0.359 e. The molecule has 0 aromatic rings. The second kappa shape index (κ2) is 6.86. The highest BCUT2D eigenvalue weighted by molar-refractivity contribution is 5.75. The number of rotatable bonds is 5. The first-order chi connectivity index (χ1) is 7.65. The van der Waals surface area contributed by atoms with Gasteiger partial charge in [0.2, 0.25) is 5.91 Å². The molecule has 4 nitrogen and oxygen atoms in total. The standard InChI is InChI=1S/C12H25N3O/c1-10(13)11-6-3-4-8-15(11)9-5-7-12(16)14-2/h10-11H,3-9,13H2,1-2H3,(H,14,16). The van der Waals surface area contributed by atoms with E-state index in [1.807, 2.05) is 0 Å². The van der Waals surface area contributed by atoms with Crippen LogP contribution in [0.2, 0.25) is 0 Å². The van der Waals surface area contributed by atoms with E-state index in [0.717, 1.165) is 19.5 Å². The predicted molar refractivity (Wildman–Crippen MR) is 66.2 cm³/mol. The molecule has 2 unspecified atom stereocenters. The normalized spacial score (nSPS) is 24.1. The lowest BCUT2D eigenvalue weighted by molar-refractivity contribution is -0.120. The van der Waals surface area contributed by atoms with Crippen LogP contribution < -0.4 is 11.1 Å². The molecule has 1 aliphatic rings. The molecule has 1 rings (SSSR count). The summed E-state index contributed by atoms with van der Waals surface area (Å²) in [7, 11) is 1.69. The lowest BCUT2D eigenvalue weighted by atomic mass is 9.96. The topological polar surface area (TPSA) is 58.4 Å². The van der Waals surface area contributed by atoms with Gasteiger partial charge < -0.3 is 11.1 Å². The smallest absolute Gasteiger partial charge is 0.219 e. The molecule has 0 bridgehead atoms. The highest BCUT2D eigenvalue weighted by Crippen LogP contribution is 2.19. The number of nitrogens with two attached hydrogens (primary N) is 1. The fraction of sp³-hybridized carbons (Fsp3) is 0.917. The monoisotopic (exact) mass is 227 g/mol. The molecular formula is C12H25N3O. The van der Waals surface area contributed by atoms with Crippen LogP contribution in [-0.2, 0) is 4.79 Å². The van der Waals surface area contributed by atoms with Gasteiger partial charge in [-0.2, -0.15) is 0 Å². The van der Waals surface area contributed by atoms with Gasteiger partial charge in [0, 0.05) is 25.6 Å². The van der Waals surface area contributed by atoms with Gasteiger partial charge in [-0.1, -0.05) is 6.42 Å². The molecule has 0 radical (unpaired) electrons. The molecule has 0 saturated carbocycles. The van der Waals surface area contributed by atoms with E-state index in [2.05, 4.69) is 17.1 Å². The van der Waals surface area contributed by atoms with Crippen LogP contribution in [0.4, 0.5) is 0 Å². The number of carbonyl (C=O) groups is 1. The average molecular weight is 227 g/mol. The van der Waals surface area contributed by atoms with Gasteiger partial charge in [0.15, 0.2) is 0 Å². The summed E-state index contributed by atoms with van der Waals surface area (Å²) < 4.78 is 0. The number of nitrogens with one attached hydrogen (secondary N) is 1. The maximum atomic E-state index is 11.1. The first-order valence-corrected chi connectivity index (χ1v) is 6.35. The minimum atomic E-state index is 0.134. The van der Waals surface area contributed by atoms with Gasteiger partial charge in [-0.3, -0.25) is 9.69 Å². The number of piperidine rings is 1. The summed E-state index contributed by atoms with van der Waals surface area (Å²) in [6.45, 7) is 4.22. The zero-order valence-corrected chi connectivity index (χ0v) is 10.5. The highest BCUT2D eigenvalue weighted by atomic mass is 16.1. The Hall–Kier alpha value is -0.610. The van der Waals surface area contributed by atoms with Crippen LogP contribution in [-0.4, -0.2) is 43.0 Å². The molecule has 0 aromatic carbocycles. The Morgan fingerprint density at radius 1 is 1.56 bits per heavy atom. The first-order valence-electron chi connectivity index (χ1n) is 6.35. The van der Waals surface area contributed by atoms with Crippen molar-refractivity contribution in [3.05, 3.63) is 0 Å². The Balaban J connectivity index is 2.30. The molecular weight excluding hydrogens is 202 g/mol. The van der Waals surface area contributed by atoms with Gasteiger partial charge in [0.1, 0.15) is 0 Å². The van der Waals surface area contributed by atoms with Crippen LogP contribution in [0.15, 0.2) is 0 Å². The minimum absolute atomic E-state index is 0.134. The predicted octanol–water partition coefficient (Wildman–Crippen LogP) is 0.714. The third-order valence-electron chi connectivity index (χ3n) is 3.40. The summed E-state index contributed by atoms with van der Waals surface area (Å²) in [4.78, 5) is 13.6. The van der Waals surface area contributed by atoms with Gasteiger partial charge in [-0.25, -0.2) is 0 Å². The molecule has 94 valence electrons. The van der Waals surface area contributed by atoms with E-state index in [4.69, 9.17) is 5.73 Å². The van der Waals surface area contributed by atoms with E-state index in [0.29, 0.717) is 12.5 Å². The van der Waals surface area contributed by atoms with Crippen LogP contribution in [0, 0.1) is 0 Å². The second-order valence-corrected chi connectivity index (χ2v) is 4.73. The second-order valence-electron chi connectivity index (χ2n) is 4.73. The quantitative estimate of drug-likeness (QED) is 0.727. The summed E-state index contributed by atoms with van der Waals surface area (Å²) in [5.74, 6) is 0.134. The van der Waals surface area contributed by atoms with Crippen molar-refractivity contribution in [2.24, 2.45) is 5.73 Å². The summed E-state index contributed by atoms with van der Waals surface area (Å²) in [6.07, 6.45) is 5.32. The van der Waals surface area contributed by atoms with E-state index in [1.54, 1.807) is 7.05 Å². The van der Waals surface area contributed by atoms with E-state index < -0.39 is 0 Å². The maximum absolute atomic E-state index is 11.1. The maximum Gasteiger partial charge on any atom is 0.219 e. The van der Waals surface area contributed by atoms with Crippen LogP contribution in [0.25, 0.3) is 0 Å². The Bertz CT molecular complexity index is 218.